The maximum atomic E-state index is 12.4. The van der Waals surface area contributed by atoms with Gasteiger partial charge in [-0.1, -0.05) is 12.1 Å². The van der Waals surface area contributed by atoms with Gasteiger partial charge in [-0.2, -0.15) is 0 Å². The molecule has 0 aromatic heterocycles. The quantitative estimate of drug-likeness (QED) is 0.128. The maximum absolute atomic E-state index is 12.4. The van der Waals surface area contributed by atoms with E-state index in [0.29, 0.717) is 30.8 Å². The van der Waals surface area contributed by atoms with Crippen molar-refractivity contribution < 1.29 is 19.1 Å². The minimum Gasteiger partial charge on any atom is -0.466 e. The number of halogens is 1. The SMILES string of the molecule is CCOC(=O)C1CCC(NC(=NC)NCCCCN2C(=O)c3ccccc3C2=O)CC1.I. The lowest BCUT2D eigenvalue weighted by Gasteiger charge is -2.29. The highest BCUT2D eigenvalue weighted by Gasteiger charge is 2.34. The molecular weight excluding hydrogens is 523 g/mol. The average molecular weight is 556 g/mol. The normalized spacial score (nSPS) is 20.4. The van der Waals surface area contributed by atoms with Crippen molar-refractivity contribution in [2.45, 2.75) is 51.5 Å². The first-order valence-corrected chi connectivity index (χ1v) is 11.1. The van der Waals surface area contributed by atoms with Gasteiger partial charge >= 0.3 is 5.97 Å². The van der Waals surface area contributed by atoms with Crippen molar-refractivity contribution in [2.24, 2.45) is 10.9 Å². The van der Waals surface area contributed by atoms with Crippen LogP contribution in [0.15, 0.2) is 29.3 Å². The summed E-state index contributed by atoms with van der Waals surface area (Å²) in [6.45, 7) is 3.38. The summed E-state index contributed by atoms with van der Waals surface area (Å²) >= 11 is 0. The molecule has 2 aliphatic rings. The van der Waals surface area contributed by atoms with Crippen LogP contribution in [0.4, 0.5) is 0 Å². The predicted octanol–water partition coefficient (Wildman–Crippen LogP) is 2.97. The van der Waals surface area contributed by atoms with E-state index in [9.17, 15) is 14.4 Å². The lowest BCUT2D eigenvalue weighted by Crippen LogP contribution is -2.45. The molecule has 1 saturated carbocycles. The third-order valence-electron chi connectivity index (χ3n) is 5.89. The molecule has 0 radical (unpaired) electrons. The number of imide groups is 1. The number of rotatable bonds is 8. The van der Waals surface area contributed by atoms with Crippen LogP contribution in [0.25, 0.3) is 0 Å². The van der Waals surface area contributed by atoms with Crippen LogP contribution in [0.2, 0.25) is 0 Å². The van der Waals surface area contributed by atoms with Gasteiger partial charge in [0.1, 0.15) is 0 Å². The number of guanidine groups is 1. The third kappa shape index (κ3) is 6.43. The zero-order valence-electron chi connectivity index (χ0n) is 18.8. The Balaban J connectivity index is 0.00000363. The van der Waals surface area contributed by atoms with E-state index in [2.05, 4.69) is 15.6 Å². The van der Waals surface area contributed by atoms with E-state index in [1.54, 1.807) is 31.3 Å². The Morgan fingerprint density at radius 2 is 1.72 bits per heavy atom. The largest absolute Gasteiger partial charge is 0.466 e. The number of carbonyl (C=O) groups is 3. The fraction of sp³-hybridized carbons (Fsp3) is 0.565. The maximum Gasteiger partial charge on any atom is 0.308 e. The summed E-state index contributed by atoms with van der Waals surface area (Å²) in [7, 11) is 1.73. The third-order valence-corrected chi connectivity index (χ3v) is 5.89. The minimum atomic E-state index is -0.204. The Morgan fingerprint density at radius 1 is 1.09 bits per heavy atom. The van der Waals surface area contributed by atoms with Crippen molar-refractivity contribution in [3.8, 4) is 0 Å². The summed E-state index contributed by atoms with van der Waals surface area (Å²) in [5.74, 6) is 0.255. The molecule has 176 valence electrons. The number of hydrogen-bond donors (Lipinski definition) is 2. The minimum absolute atomic E-state index is 0. The molecule has 1 fully saturated rings. The predicted molar refractivity (Wildman–Crippen MR) is 133 cm³/mol. The van der Waals surface area contributed by atoms with Crippen molar-refractivity contribution >= 4 is 47.7 Å². The number of ether oxygens (including phenoxy) is 1. The van der Waals surface area contributed by atoms with Gasteiger partial charge in [-0.15, -0.1) is 24.0 Å². The number of hydrogen-bond acceptors (Lipinski definition) is 5. The van der Waals surface area contributed by atoms with Gasteiger partial charge in [0.15, 0.2) is 5.96 Å². The van der Waals surface area contributed by atoms with E-state index in [1.165, 1.54) is 4.90 Å². The topological polar surface area (TPSA) is 100 Å². The van der Waals surface area contributed by atoms with E-state index in [0.717, 1.165) is 44.5 Å². The van der Waals surface area contributed by atoms with E-state index >= 15 is 0 Å². The summed E-state index contributed by atoms with van der Waals surface area (Å²) < 4.78 is 5.12. The Morgan fingerprint density at radius 3 is 2.28 bits per heavy atom. The van der Waals surface area contributed by atoms with Crippen molar-refractivity contribution in [2.75, 3.05) is 26.7 Å². The van der Waals surface area contributed by atoms with Crippen LogP contribution >= 0.6 is 24.0 Å². The zero-order valence-corrected chi connectivity index (χ0v) is 21.1. The molecule has 2 amide bonds. The highest BCUT2D eigenvalue weighted by atomic mass is 127. The van der Waals surface area contributed by atoms with Crippen LogP contribution in [-0.2, 0) is 9.53 Å². The monoisotopic (exact) mass is 556 g/mol. The van der Waals surface area contributed by atoms with Crippen molar-refractivity contribution in [1.82, 2.24) is 15.5 Å². The molecular formula is C23H33IN4O4. The van der Waals surface area contributed by atoms with E-state index in [1.807, 2.05) is 6.92 Å². The standard InChI is InChI=1S/C23H32N4O4.HI/c1-3-31-22(30)16-10-12-17(13-11-16)26-23(24-2)25-14-6-7-15-27-20(28)18-8-4-5-9-19(18)21(27)29;/h4-5,8-9,16-17H,3,6-7,10-15H2,1-2H3,(H2,24,25,26);1H. The molecule has 2 N–H and O–H groups in total. The Hall–Kier alpha value is -2.17. The molecule has 0 atom stereocenters. The average Bonchev–Trinajstić information content (AvgIpc) is 3.03. The van der Waals surface area contributed by atoms with Gasteiger partial charge in [0.05, 0.1) is 23.7 Å². The van der Waals surface area contributed by atoms with Crippen LogP contribution in [0.1, 0.15) is 66.2 Å². The molecule has 3 rings (SSSR count). The molecule has 0 bridgehead atoms. The first-order chi connectivity index (χ1) is 15.0. The number of unbranched alkanes of at least 4 members (excludes halogenated alkanes) is 1. The lowest BCUT2D eigenvalue weighted by atomic mass is 9.86. The summed E-state index contributed by atoms with van der Waals surface area (Å²) in [6, 6.07) is 7.24. The summed E-state index contributed by atoms with van der Waals surface area (Å²) in [5.41, 5.74) is 0.987. The number of aliphatic imine (C=N–C) groups is 1. The van der Waals surface area contributed by atoms with Crippen LogP contribution in [0.3, 0.4) is 0 Å². The highest BCUT2D eigenvalue weighted by molar-refractivity contribution is 14.0. The van der Waals surface area contributed by atoms with Gasteiger partial charge in [-0.3, -0.25) is 24.3 Å². The van der Waals surface area contributed by atoms with Gasteiger partial charge in [-0.05, 0) is 57.6 Å². The molecule has 0 unspecified atom stereocenters. The molecule has 1 aromatic rings. The van der Waals surface area contributed by atoms with E-state index in [-0.39, 0.29) is 53.7 Å². The molecule has 1 aliphatic heterocycles. The van der Waals surface area contributed by atoms with Gasteiger partial charge in [0.25, 0.3) is 11.8 Å². The lowest BCUT2D eigenvalue weighted by molar-refractivity contribution is -0.149. The number of amides is 2. The summed E-state index contributed by atoms with van der Waals surface area (Å²) in [6.07, 6.45) is 5.00. The van der Waals surface area contributed by atoms with Crippen molar-refractivity contribution in [3.05, 3.63) is 35.4 Å². The number of nitrogens with one attached hydrogen (secondary N) is 2. The number of nitrogens with zero attached hydrogens (tertiary/aromatic N) is 2. The van der Waals surface area contributed by atoms with Crippen LogP contribution < -0.4 is 10.6 Å². The second-order valence-corrected chi connectivity index (χ2v) is 7.96. The second kappa shape index (κ2) is 12.8. The molecule has 0 spiro atoms. The molecule has 1 heterocycles. The Bertz CT molecular complexity index is 802. The number of fused-ring (bicyclic) bond motifs is 1. The molecule has 32 heavy (non-hydrogen) atoms. The van der Waals surface area contributed by atoms with Gasteiger partial charge < -0.3 is 15.4 Å². The molecule has 0 saturated heterocycles. The van der Waals surface area contributed by atoms with Gasteiger partial charge in [0, 0.05) is 26.2 Å². The van der Waals surface area contributed by atoms with Crippen LogP contribution in [0.5, 0.6) is 0 Å². The molecule has 9 heteroatoms. The Labute approximate surface area is 206 Å². The van der Waals surface area contributed by atoms with Crippen LogP contribution in [-0.4, -0.2) is 61.4 Å². The first kappa shape index (κ1) is 26.1. The second-order valence-electron chi connectivity index (χ2n) is 7.96. The molecule has 1 aliphatic carbocycles. The number of esters is 1. The highest BCUT2D eigenvalue weighted by Crippen LogP contribution is 2.25. The zero-order chi connectivity index (χ0) is 22.2. The molecule has 1 aromatic carbocycles. The smallest absolute Gasteiger partial charge is 0.308 e. The van der Waals surface area contributed by atoms with E-state index in [4.69, 9.17) is 4.74 Å². The summed E-state index contributed by atoms with van der Waals surface area (Å²) in [5, 5.41) is 6.72. The first-order valence-electron chi connectivity index (χ1n) is 11.1. The number of benzene rings is 1. The number of carbonyl (C=O) groups excluding carboxylic acids is 3. The Kier molecular flexibility index (Phi) is 10.4. The van der Waals surface area contributed by atoms with Crippen molar-refractivity contribution in [3.63, 3.8) is 0 Å². The fourth-order valence-corrected chi connectivity index (χ4v) is 4.17. The van der Waals surface area contributed by atoms with Crippen LogP contribution in [0, 0.1) is 5.92 Å². The summed E-state index contributed by atoms with van der Waals surface area (Å²) in [4.78, 5) is 42.2. The fourth-order valence-electron chi connectivity index (χ4n) is 4.17. The van der Waals surface area contributed by atoms with E-state index < -0.39 is 0 Å². The van der Waals surface area contributed by atoms with Gasteiger partial charge in [0.2, 0.25) is 0 Å². The van der Waals surface area contributed by atoms with Crippen molar-refractivity contribution in [1.29, 1.82) is 0 Å². The molecule has 8 nitrogen and oxygen atoms in total. The van der Waals surface area contributed by atoms with Gasteiger partial charge in [-0.25, -0.2) is 0 Å².